The van der Waals surface area contributed by atoms with Crippen LogP contribution in [0.4, 0.5) is 0 Å². The van der Waals surface area contributed by atoms with Crippen molar-refractivity contribution in [1.82, 2.24) is 0 Å². The highest BCUT2D eigenvalue weighted by Gasteiger charge is 2.48. The maximum atomic E-state index is 9.78. The van der Waals surface area contributed by atoms with Gasteiger partial charge >= 0.3 is 0 Å². The molecule has 1 N–H and O–H groups in total. The van der Waals surface area contributed by atoms with E-state index in [0.29, 0.717) is 0 Å². The Hall–Kier alpha value is -0.0400. The van der Waals surface area contributed by atoms with Crippen LogP contribution in [0.25, 0.3) is 0 Å². The summed E-state index contributed by atoms with van der Waals surface area (Å²) in [5.74, 6) is 0. The predicted octanol–water partition coefficient (Wildman–Crippen LogP) is 2.19. The number of hydrogen-bond donors (Lipinski definition) is 1. The molecule has 1 saturated carbocycles. The molecule has 0 aromatic heterocycles. The van der Waals surface area contributed by atoms with Crippen molar-refractivity contribution < 1.29 is 5.11 Å². The second-order valence-electron chi connectivity index (χ2n) is 4.92. The largest absolute Gasteiger partial charge is 0.392 e. The van der Waals surface area contributed by atoms with E-state index in [0.717, 1.165) is 0 Å². The van der Waals surface area contributed by atoms with Crippen LogP contribution < -0.4 is 0 Å². The summed E-state index contributed by atoms with van der Waals surface area (Å²) < 4.78 is 0. The van der Waals surface area contributed by atoms with E-state index in [9.17, 15) is 5.11 Å². The van der Waals surface area contributed by atoms with Crippen molar-refractivity contribution in [2.75, 3.05) is 0 Å². The van der Waals surface area contributed by atoms with Gasteiger partial charge in [0.05, 0.1) is 6.10 Å². The molecule has 10 heavy (non-hydrogen) atoms. The molecule has 0 aromatic carbocycles. The number of aliphatic hydroxyl groups is 1. The van der Waals surface area contributed by atoms with Crippen LogP contribution in [-0.4, -0.2) is 11.2 Å². The zero-order chi connectivity index (χ0) is 7.99. The zero-order valence-corrected chi connectivity index (χ0v) is 7.44. The van der Waals surface area contributed by atoms with Crippen LogP contribution in [0.15, 0.2) is 0 Å². The first kappa shape index (κ1) is 8.06. The minimum Gasteiger partial charge on any atom is -0.392 e. The molecule has 60 valence electrons. The first-order valence-electron chi connectivity index (χ1n) is 4.04. The highest BCUT2D eigenvalue weighted by molar-refractivity contribution is 4.99. The molecule has 0 radical (unpaired) electrons. The van der Waals surface area contributed by atoms with E-state index < -0.39 is 0 Å². The molecule has 0 spiro atoms. The van der Waals surface area contributed by atoms with Gasteiger partial charge in [-0.1, -0.05) is 27.7 Å². The lowest BCUT2D eigenvalue weighted by atomic mass is 9.80. The molecule has 0 amide bonds. The Morgan fingerprint density at radius 2 is 1.70 bits per heavy atom. The van der Waals surface area contributed by atoms with Crippen LogP contribution in [0.1, 0.15) is 40.5 Å². The standard InChI is InChI=1S/C9H18O/c1-8(2,3)7(10)9(4)5-6-9/h7,10H,5-6H2,1-4H3/t7-/m0/s1. The predicted molar refractivity (Wildman–Crippen MR) is 42.8 cm³/mol. The first-order chi connectivity index (χ1) is 4.36. The van der Waals surface area contributed by atoms with Crippen LogP contribution in [0.3, 0.4) is 0 Å². The lowest BCUT2D eigenvalue weighted by Crippen LogP contribution is -2.33. The van der Waals surface area contributed by atoms with Crippen molar-refractivity contribution in [1.29, 1.82) is 0 Å². The molecule has 1 nitrogen and oxygen atoms in total. The Balaban J connectivity index is 2.57. The summed E-state index contributed by atoms with van der Waals surface area (Å²) in [6.07, 6.45) is 2.27. The molecule has 0 aromatic rings. The smallest absolute Gasteiger partial charge is 0.0641 e. The van der Waals surface area contributed by atoms with Crippen molar-refractivity contribution >= 4 is 0 Å². The highest BCUT2D eigenvalue weighted by Crippen LogP contribution is 2.52. The van der Waals surface area contributed by atoms with E-state index in [2.05, 4.69) is 27.7 Å². The van der Waals surface area contributed by atoms with Gasteiger partial charge in [-0.25, -0.2) is 0 Å². The topological polar surface area (TPSA) is 20.2 Å². The van der Waals surface area contributed by atoms with Gasteiger partial charge in [-0.3, -0.25) is 0 Å². The van der Waals surface area contributed by atoms with E-state index >= 15 is 0 Å². The minimum atomic E-state index is -0.125. The van der Waals surface area contributed by atoms with Gasteiger partial charge in [0, 0.05) is 0 Å². The van der Waals surface area contributed by atoms with Crippen molar-refractivity contribution in [3.63, 3.8) is 0 Å². The fourth-order valence-electron chi connectivity index (χ4n) is 1.52. The lowest BCUT2D eigenvalue weighted by molar-refractivity contribution is 0.00663. The third kappa shape index (κ3) is 1.34. The normalized spacial score (nSPS) is 26.1. The Morgan fingerprint density at radius 1 is 1.30 bits per heavy atom. The minimum absolute atomic E-state index is 0.0608. The summed E-state index contributed by atoms with van der Waals surface area (Å²) in [5.41, 5.74) is 0.309. The fourth-order valence-corrected chi connectivity index (χ4v) is 1.52. The number of rotatable bonds is 1. The summed E-state index contributed by atoms with van der Waals surface area (Å²) >= 11 is 0. The number of aliphatic hydroxyl groups excluding tert-OH is 1. The van der Waals surface area contributed by atoms with Gasteiger partial charge in [-0.15, -0.1) is 0 Å². The van der Waals surface area contributed by atoms with Gasteiger partial charge < -0.3 is 5.11 Å². The average Bonchev–Trinajstić information content (AvgIpc) is 2.45. The van der Waals surface area contributed by atoms with Crippen LogP contribution >= 0.6 is 0 Å². The molecule has 1 fully saturated rings. The molecule has 1 aliphatic carbocycles. The third-order valence-electron chi connectivity index (χ3n) is 2.52. The maximum Gasteiger partial charge on any atom is 0.0641 e. The van der Waals surface area contributed by atoms with Crippen LogP contribution in [0, 0.1) is 10.8 Å². The lowest BCUT2D eigenvalue weighted by Gasteiger charge is -2.30. The number of hydrogen-bond acceptors (Lipinski definition) is 1. The van der Waals surface area contributed by atoms with E-state index in [-0.39, 0.29) is 16.9 Å². The van der Waals surface area contributed by atoms with Gasteiger partial charge in [-0.2, -0.15) is 0 Å². The molecule has 1 heteroatoms. The van der Waals surface area contributed by atoms with Gasteiger partial charge in [-0.05, 0) is 23.7 Å². The van der Waals surface area contributed by atoms with Crippen molar-refractivity contribution in [2.45, 2.75) is 46.6 Å². The van der Waals surface area contributed by atoms with Crippen molar-refractivity contribution in [3.8, 4) is 0 Å². The summed E-state index contributed by atoms with van der Waals surface area (Å²) in [7, 11) is 0. The van der Waals surface area contributed by atoms with E-state index in [1.54, 1.807) is 0 Å². The van der Waals surface area contributed by atoms with Crippen molar-refractivity contribution in [2.24, 2.45) is 10.8 Å². The van der Waals surface area contributed by atoms with Gasteiger partial charge in [0.15, 0.2) is 0 Å². The quantitative estimate of drug-likeness (QED) is 0.595. The first-order valence-corrected chi connectivity index (χ1v) is 4.04. The summed E-state index contributed by atoms with van der Waals surface area (Å²) in [6.45, 7) is 8.46. The molecule has 1 atom stereocenters. The molecule has 0 aliphatic heterocycles. The van der Waals surface area contributed by atoms with Crippen LogP contribution in [0.5, 0.6) is 0 Å². The fraction of sp³-hybridized carbons (Fsp3) is 1.00. The van der Waals surface area contributed by atoms with Crippen LogP contribution in [-0.2, 0) is 0 Å². The van der Waals surface area contributed by atoms with Gasteiger partial charge in [0.25, 0.3) is 0 Å². The molecular weight excluding hydrogens is 124 g/mol. The summed E-state index contributed by atoms with van der Waals surface area (Å²) in [4.78, 5) is 0. The second-order valence-corrected chi connectivity index (χ2v) is 4.92. The highest BCUT2D eigenvalue weighted by atomic mass is 16.3. The molecule has 1 rings (SSSR count). The maximum absolute atomic E-state index is 9.78. The molecule has 0 saturated heterocycles. The van der Waals surface area contributed by atoms with Crippen molar-refractivity contribution in [3.05, 3.63) is 0 Å². The van der Waals surface area contributed by atoms with E-state index in [4.69, 9.17) is 0 Å². The molecule has 0 unspecified atom stereocenters. The van der Waals surface area contributed by atoms with E-state index in [1.165, 1.54) is 12.8 Å². The zero-order valence-electron chi connectivity index (χ0n) is 7.44. The Labute approximate surface area is 63.4 Å². The second kappa shape index (κ2) is 1.97. The van der Waals surface area contributed by atoms with Gasteiger partial charge in [0.1, 0.15) is 0 Å². The van der Waals surface area contributed by atoms with Crippen LogP contribution in [0.2, 0.25) is 0 Å². The Kier molecular flexibility index (Phi) is 1.59. The van der Waals surface area contributed by atoms with E-state index in [1.807, 2.05) is 0 Å². The molecular formula is C9H18O. The monoisotopic (exact) mass is 142 g/mol. The molecule has 0 heterocycles. The molecule has 1 aliphatic rings. The SMILES string of the molecule is CC(C)(C)[C@H](O)C1(C)CC1. The Morgan fingerprint density at radius 3 is 1.80 bits per heavy atom. The average molecular weight is 142 g/mol. The summed E-state index contributed by atoms with van der Waals surface area (Å²) in [5, 5.41) is 9.78. The molecule has 0 bridgehead atoms. The third-order valence-corrected chi connectivity index (χ3v) is 2.52. The Bertz CT molecular complexity index is 123. The van der Waals surface area contributed by atoms with Gasteiger partial charge in [0.2, 0.25) is 0 Å². The summed E-state index contributed by atoms with van der Waals surface area (Å²) in [6, 6.07) is 0.